The summed E-state index contributed by atoms with van der Waals surface area (Å²) in [7, 11) is -3.97. The molecule has 8 nitrogen and oxygen atoms in total. The highest BCUT2D eigenvalue weighted by Gasteiger charge is 2.23. The van der Waals surface area contributed by atoms with Crippen molar-refractivity contribution in [1.29, 1.82) is 0 Å². The van der Waals surface area contributed by atoms with Gasteiger partial charge in [0.15, 0.2) is 0 Å². The number of nitrogens with two attached hydrogens (primary N) is 1. The summed E-state index contributed by atoms with van der Waals surface area (Å²) >= 11 is 0. The van der Waals surface area contributed by atoms with E-state index in [-0.39, 0.29) is 16.3 Å². The molecule has 0 fully saturated rings. The molecule has 2 aromatic rings. The summed E-state index contributed by atoms with van der Waals surface area (Å²) in [4.78, 5) is 13.7. The van der Waals surface area contributed by atoms with E-state index < -0.39 is 20.6 Å². The molecule has 0 saturated heterocycles. The summed E-state index contributed by atoms with van der Waals surface area (Å²) in [5.41, 5.74) is 5.56. The number of nitrogens with one attached hydrogen (secondary N) is 1. The Bertz CT molecular complexity index is 790. The van der Waals surface area contributed by atoms with Crippen molar-refractivity contribution in [1.82, 2.24) is 4.98 Å². The van der Waals surface area contributed by atoms with Crippen LogP contribution < -0.4 is 10.5 Å². The van der Waals surface area contributed by atoms with Crippen molar-refractivity contribution >= 4 is 27.1 Å². The lowest BCUT2D eigenvalue weighted by Gasteiger charge is -2.10. The molecule has 2 rings (SSSR count). The molecule has 3 N–H and O–H groups in total. The minimum atomic E-state index is -3.97. The van der Waals surface area contributed by atoms with E-state index in [4.69, 9.17) is 5.73 Å². The highest BCUT2D eigenvalue weighted by Crippen LogP contribution is 2.29. The summed E-state index contributed by atoms with van der Waals surface area (Å²) < 4.78 is 26.9. The van der Waals surface area contributed by atoms with Gasteiger partial charge >= 0.3 is 0 Å². The molecular formula is C12H12N4O4S. The molecule has 0 aliphatic heterocycles. The second kappa shape index (κ2) is 5.37. The molecule has 0 bridgehead atoms. The van der Waals surface area contributed by atoms with Gasteiger partial charge in [-0.05, 0) is 30.7 Å². The number of pyridine rings is 1. The standard InChI is InChI=1S/C12H12N4O4S/c1-8-5-10(13)11(16(17)18)6-12(8)21(19,20)15-9-3-2-4-14-7-9/h2-7,15H,13H2,1H3. The van der Waals surface area contributed by atoms with Crippen LogP contribution in [0.1, 0.15) is 5.56 Å². The minimum Gasteiger partial charge on any atom is -0.393 e. The van der Waals surface area contributed by atoms with Gasteiger partial charge in [0.25, 0.3) is 15.7 Å². The van der Waals surface area contributed by atoms with Crippen molar-refractivity contribution in [2.75, 3.05) is 10.5 Å². The zero-order chi connectivity index (χ0) is 15.6. The molecule has 1 aromatic carbocycles. The number of nitro groups is 1. The van der Waals surface area contributed by atoms with Crippen molar-refractivity contribution in [2.24, 2.45) is 0 Å². The fraction of sp³-hybridized carbons (Fsp3) is 0.0833. The fourth-order valence-electron chi connectivity index (χ4n) is 1.78. The van der Waals surface area contributed by atoms with Gasteiger partial charge in [0.1, 0.15) is 5.69 Å². The lowest BCUT2D eigenvalue weighted by Crippen LogP contribution is -2.15. The van der Waals surface area contributed by atoms with Crippen LogP contribution in [0.2, 0.25) is 0 Å². The summed E-state index contributed by atoms with van der Waals surface area (Å²) in [5, 5.41) is 10.9. The number of anilines is 2. The number of hydrogen-bond donors (Lipinski definition) is 2. The minimum absolute atomic E-state index is 0.0853. The Morgan fingerprint density at radius 3 is 2.67 bits per heavy atom. The zero-order valence-electron chi connectivity index (χ0n) is 11.0. The lowest BCUT2D eigenvalue weighted by atomic mass is 10.2. The fourth-order valence-corrected chi connectivity index (χ4v) is 3.07. The van der Waals surface area contributed by atoms with E-state index in [1.165, 1.54) is 31.5 Å². The number of rotatable bonds is 4. The van der Waals surface area contributed by atoms with Crippen molar-refractivity contribution < 1.29 is 13.3 Å². The summed E-state index contributed by atoms with van der Waals surface area (Å²) in [6.07, 6.45) is 2.83. The predicted octanol–water partition coefficient (Wildman–Crippen LogP) is 1.68. The van der Waals surface area contributed by atoms with E-state index in [0.717, 1.165) is 6.07 Å². The molecule has 1 heterocycles. The van der Waals surface area contributed by atoms with E-state index in [1.54, 1.807) is 6.07 Å². The highest BCUT2D eigenvalue weighted by molar-refractivity contribution is 7.92. The molecule has 0 unspecified atom stereocenters. The maximum absolute atomic E-state index is 12.3. The van der Waals surface area contributed by atoms with Crippen LogP contribution in [0, 0.1) is 17.0 Å². The molecule has 0 saturated carbocycles. The maximum atomic E-state index is 12.3. The third-order valence-corrected chi connectivity index (χ3v) is 4.25. The maximum Gasteiger partial charge on any atom is 0.293 e. The van der Waals surface area contributed by atoms with Gasteiger partial charge in [0, 0.05) is 12.3 Å². The monoisotopic (exact) mass is 308 g/mol. The lowest BCUT2D eigenvalue weighted by molar-refractivity contribution is -0.384. The first-order chi connectivity index (χ1) is 9.81. The first-order valence-electron chi connectivity index (χ1n) is 5.78. The van der Waals surface area contributed by atoms with Crippen LogP contribution in [-0.2, 0) is 10.0 Å². The zero-order valence-corrected chi connectivity index (χ0v) is 11.8. The number of benzene rings is 1. The van der Waals surface area contributed by atoms with Crippen molar-refractivity contribution in [3.63, 3.8) is 0 Å². The van der Waals surface area contributed by atoms with Gasteiger partial charge in [-0.2, -0.15) is 0 Å². The van der Waals surface area contributed by atoms with Gasteiger partial charge in [-0.1, -0.05) is 0 Å². The van der Waals surface area contributed by atoms with Gasteiger partial charge in [0.05, 0.1) is 21.7 Å². The molecule has 110 valence electrons. The average molecular weight is 308 g/mol. The molecule has 9 heteroatoms. The van der Waals surface area contributed by atoms with E-state index in [2.05, 4.69) is 9.71 Å². The van der Waals surface area contributed by atoms with Crippen molar-refractivity contribution in [3.05, 3.63) is 52.3 Å². The summed E-state index contributed by atoms with van der Waals surface area (Å²) in [5.74, 6) is 0. The number of nitrogen functional groups attached to an aromatic ring is 1. The highest BCUT2D eigenvalue weighted by atomic mass is 32.2. The van der Waals surface area contributed by atoms with Gasteiger partial charge in [-0.25, -0.2) is 8.42 Å². The quantitative estimate of drug-likeness (QED) is 0.502. The number of sulfonamides is 1. The molecule has 1 aromatic heterocycles. The summed E-state index contributed by atoms with van der Waals surface area (Å²) in [6, 6.07) is 5.29. The van der Waals surface area contributed by atoms with Crippen LogP contribution in [0.15, 0.2) is 41.6 Å². The van der Waals surface area contributed by atoms with Crippen LogP contribution in [0.25, 0.3) is 0 Å². The number of nitro benzene ring substituents is 1. The Kier molecular flexibility index (Phi) is 3.76. The Morgan fingerprint density at radius 1 is 1.38 bits per heavy atom. The average Bonchev–Trinajstić information content (AvgIpc) is 2.38. The molecule has 0 spiro atoms. The van der Waals surface area contributed by atoms with Crippen molar-refractivity contribution in [2.45, 2.75) is 11.8 Å². The first kappa shape index (κ1) is 14.7. The van der Waals surface area contributed by atoms with Gasteiger partial charge in [0.2, 0.25) is 0 Å². The summed E-state index contributed by atoms with van der Waals surface area (Å²) in [6.45, 7) is 1.51. The second-order valence-corrected chi connectivity index (χ2v) is 5.93. The van der Waals surface area contributed by atoms with Crippen LogP contribution in [-0.4, -0.2) is 18.3 Å². The smallest absolute Gasteiger partial charge is 0.293 e. The van der Waals surface area contributed by atoms with Crippen LogP contribution in [0.3, 0.4) is 0 Å². The molecule has 0 aliphatic rings. The Labute approximate surface area is 120 Å². The van der Waals surface area contributed by atoms with Gasteiger partial charge < -0.3 is 5.73 Å². The number of aryl methyl sites for hydroxylation is 1. The number of nitrogens with zero attached hydrogens (tertiary/aromatic N) is 2. The molecule has 0 aliphatic carbocycles. The molecule has 21 heavy (non-hydrogen) atoms. The van der Waals surface area contributed by atoms with Crippen molar-refractivity contribution in [3.8, 4) is 0 Å². The van der Waals surface area contributed by atoms with Crippen LogP contribution >= 0.6 is 0 Å². The second-order valence-electron chi connectivity index (χ2n) is 4.28. The molecule has 0 radical (unpaired) electrons. The Balaban J connectivity index is 2.50. The number of aromatic nitrogens is 1. The largest absolute Gasteiger partial charge is 0.393 e. The predicted molar refractivity (Wildman–Crippen MR) is 77.3 cm³/mol. The van der Waals surface area contributed by atoms with Crippen LogP contribution in [0.5, 0.6) is 0 Å². The third-order valence-electron chi connectivity index (χ3n) is 2.72. The third kappa shape index (κ3) is 3.08. The normalized spacial score (nSPS) is 11.1. The van der Waals surface area contributed by atoms with Gasteiger partial charge in [-0.15, -0.1) is 0 Å². The van der Waals surface area contributed by atoms with E-state index in [1.807, 2.05) is 0 Å². The van der Waals surface area contributed by atoms with E-state index >= 15 is 0 Å². The van der Waals surface area contributed by atoms with Crippen LogP contribution in [0.4, 0.5) is 17.1 Å². The molecular weight excluding hydrogens is 296 g/mol. The van der Waals surface area contributed by atoms with E-state index in [0.29, 0.717) is 5.56 Å². The Morgan fingerprint density at radius 2 is 2.10 bits per heavy atom. The molecule has 0 amide bonds. The first-order valence-corrected chi connectivity index (χ1v) is 7.27. The van der Waals surface area contributed by atoms with Gasteiger partial charge in [-0.3, -0.25) is 19.8 Å². The molecule has 0 atom stereocenters. The van der Waals surface area contributed by atoms with E-state index in [9.17, 15) is 18.5 Å². The SMILES string of the molecule is Cc1cc(N)c([N+](=O)[O-])cc1S(=O)(=O)Nc1cccnc1. The topological polar surface area (TPSA) is 128 Å². The Hall–Kier alpha value is -2.68. The number of hydrogen-bond acceptors (Lipinski definition) is 6.